The number of ether oxygens (including phenoxy) is 1. The number of fused-ring (bicyclic) bond motifs is 1. The highest BCUT2D eigenvalue weighted by molar-refractivity contribution is 6.30. The van der Waals surface area contributed by atoms with Gasteiger partial charge in [-0.1, -0.05) is 11.6 Å². The molecule has 2 fully saturated rings. The number of morpholine rings is 1. The number of nitrogens with zero attached hydrogens (tertiary/aromatic N) is 2. The first kappa shape index (κ1) is 15.3. The zero-order valence-electron chi connectivity index (χ0n) is 12.5. The van der Waals surface area contributed by atoms with Crippen LogP contribution in [0.15, 0.2) is 24.3 Å². The van der Waals surface area contributed by atoms with E-state index in [0.717, 1.165) is 12.8 Å². The molecule has 0 N–H and O–H groups in total. The second kappa shape index (κ2) is 6.26. The molecule has 2 saturated heterocycles. The number of hydrogen-bond acceptors (Lipinski definition) is 3. The van der Waals surface area contributed by atoms with E-state index in [1.165, 1.54) is 0 Å². The number of carbonyl (C=O) groups is 2. The van der Waals surface area contributed by atoms with Crippen LogP contribution in [0.2, 0.25) is 5.02 Å². The zero-order chi connectivity index (χ0) is 15.7. The van der Waals surface area contributed by atoms with Gasteiger partial charge in [0.2, 0.25) is 5.91 Å². The van der Waals surface area contributed by atoms with E-state index in [4.69, 9.17) is 16.3 Å². The minimum absolute atomic E-state index is 0.00398. The SMILES string of the molecule is CN1C(=O)CO[C@H]2CCN(C(=O)c3ccc(Cl)cc3)CC[C@@H]21. The molecule has 5 nitrogen and oxygen atoms in total. The van der Waals surface area contributed by atoms with Crippen molar-refractivity contribution < 1.29 is 14.3 Å². The minimum Gasteiger partial charge on any atom is -0.366 e. The van der Waals surface area contributed by atoms with Gasteiger partial charge in [-0.2, -0.15) is 0 Å². The molecule has 1 aromatic rings. The molecule has 1 aromatic carbocycles. The highest BCUT2D eigenvalue weighted by Gasteiger charge is 2.37. The van der Waals surface area contributed by atoms with Crippen LogP contribution in [-0.2, 0) is 9.53 Å². The van der Waals surface area contributed by atoms with E-state index in [1.54, 1.807) is 29.2 Å². The first-order chi connectivity index (χ1) is 10.6. The van der Waals surface area contributed by atoms with E-state index in [2.05, 4.69) is 0 Å². The van der Waals surface area contributed by atoms with Crippen LogP contribution in [-0.4, -0.2) is 60.5 Å². The third-order valence-corrected chi connectivity index (χ3v) is 4.75. The van der Waals surface area contributed by atoms with Crippen molar-refractivity contribution in [1.29, 1.82) is 0 Å². The standard InChI is InChI=1S/C16H19ClN2O3/c1-18-13-6-8-19(9-7-14(13)22-10-15(18)20)16(21)11-2-4-12(17)5-3-11/h2-5,13-14H,6-10H2,1H3/t13-,14-/m0/s1. The van der Waals surface area contributed by atoms with Crippen LogP contribution in [0, 0.1) is 0 Å². The average Bonchev–Trinajstić information content (AvgIpc) is 2.74. The van der Waals surface area contributed by atoms with Crippen LogP contribution in [0.3, 0.4) is 0 Å². The van der Waals surface area contributed by atoms with Gasteiger partial charge < -0.3 is 14.5 Å². The van der Waals surface area contributed by atoms with Crippen LogP contribution in [0.1, 0.15) is 23.2 Å². The summed E-state index contributed by atoms with van der Waals surface area (Å²) in [6.45, 7) is 1.41. The maximum Gasteiger partial charge on any atom is 0.253 e. The number of likely N-dealkylation sites (N-methyl/N-ethyl adjacent to an activating group) is 1. The first-order valence-electron chi connectivity index (χ1n) is 7.48. The van der Waals surface area contributed by atoms with Crippen molar-refractivity contribution in [2.24, 2.45) is 0 Å². The molecule has 0 unspecified atom stereocenters. The second-order valence-electron chi connectivity index (χ2n) is 5.80. The maximum atomic E-state index is 12.6. The van der Waals surface area contributed by atoms with E-state index in [1.807, 2.05) is 11.9 Å². The molecule has 0 bridgehead atoms. The molecule has 0 aliphatic carbocycles. The Morgan fingerprint density at radius 2 is 1.91 bits per heavy atom. The second-order valence-corrected chi connectivity index (χ2v) is 6.23. The van der Waals surface area contributed by atoms with Crippen LogP contribution in [0.4, 0.5) is 0 Å². The predicted molar refractivity (Wildman–Crippen MR) is 82.9 cm³/mol. The summed E-state index contributed by atoms with van der Waals surface area (Å²) in [5.41, 5.74) is 0.639. The molecule has 3 rings (SSSR count). The molecule has 0 spiro atoms. The Balaban J connectivity index is 1.71. The predicted octanol–water partition coefficient (Wildman–Crippen LogP) is 1.80. The van der Waals surface area contributed by atoms with Gasteiger partial charge in [0.25, 0.3) is 5.91 Å². The third kappa shape index (κ3) is 2.96. The van der Waals surface area contributed by atoms with Crippen molar-refractivity contribution in [2.45, 2.75) is 25.0 Å². The van der Waals surface area contributed by atoms with Crippen molar-refractivity contribution in [3.05, 3.63) is 34.9 Å². The summed E-state index contributed by atoms with van der Waals surface area (Å²) in [4.78, 5) is 27.9. The summed E-state index contributed by atoms with van der Waals surface area (Å²) in [6.07, 6.45) is 1.51. The Morgan fingerprint density at radius 3 is 2.64 bits per heavy atom. The fourth-order valence-electron chi connectivity index (χ4n) is 3.14. The summed E-state index contributed by atoms with van der Waals surface area (Å²) >= 11 is 5.86. The van der Waals surface area contributed by atoms with Gasteiger partial charge in [-0.05, 0) is 37.1 Å². The smallest absolute Gasteiger partial charge is 0.253 e. The van der Waals surface area contributed by atoms with Gasteiger partial charge in [0, 0.05) is 30.7 Å². The normalized spacial score (nSPS) is 25.6. The summed E-state index contributed by atoms with van der Waals surface area (Å²) in [5.74, 6) is 0.0167. The van der Waals surface area contributed by atoms with Crippen molar-refractivity contribution >= 4 is 23.4 Å². The highest BCUT2D eigenvalue weighted by atomic mass is 35.5. The molecule has 0 aromatic heterocycles. The number of benzene rings is 1. The van der Waals surface area contributed by atoms with E-state index in [-0.39, 0.29) is 30.6 Å². The van der Waals surface area contributed by atoms with Crippen molar-refractivity contribution in [1.82, 2.24) is 9.80 Å². The van der Waals surface area contributed by atoms with Crippen LogP contribution in [0.5, 0.6) is 0 Å². The van der Waals surface area contributed by atoms with Crippen molar-refractivity contribution in [3.63, 3.8) is 0 Å². The summed E-state index contributed by atoms with van der Waals surface area (Å²) in [5, 5.41) is 0.618. The number of hydrogen-bond donors (Lipinski definition) is 0. The molecule has 2 atom stereocenters. The van der Waals surface area contributed by atoms with E-state index in [9.17, 15) is 9.59 Å². The number of likely N-dealkylation sites (tertiary alicyclic amines) is 1. The van der Waals surface area contributed by atoms with E-state index >= 15 is 0 Å². The van der Waals surface area contributed by atoms with Crippen molar-refractivity contribution in [2.75, 3.05) is 26.7 Å². The topological polar surface area (TPSA) is 49.9 Å². The lowest BCUT2D eigenvalue weighted by Crippen LogP contribution is -2.52. The van der Waals surface area contributed by atoms with Gasteiger partial charge in [0.1, 0.15) is 6.61 Å². The number of amides is 2. The first-order valence-corrected chi connectivity index (χ1v) is 7.86. The van der Waals surface area contributed by atoms with Gasteiger partial charge in [-0.15, -0.1) is 0 Å². The van der Waals surface area contributed by atoms with Gasteiger partial charge >= 0.3 is 0 Å². The van der Waals surface area contributed by atoms with Gasteiger partial charge in [0.15, 0.2) is 0 Å². The molecular weight excluding hydrogens is 304 g/mol. The van der Waals surface area contributed by atoms with Crippen LogP contribution >= 0.6 is 11.6 Å². The quantitative estimate of drug-likeness (QED) is 0.792. The monoisotopic (exact) mass is 322 g/mol. The lowest BCUT2D eigenvalue weighted by Gasteiger charge is -2.37. The van der Waals surface area contributed by atoms with Crippen LogP contribution in [0.25, 0.3) is 0 Å². The van der Waals surface area contributed by atoms with E-state index in [0.29, 0.717) is 23.7 Å². The number of carbonyl (C=O) groups excluding carboxylic acids is 2. The fraction of sp³-hybridized carbons (Fsp3) is 0.500. The molecule has 0 saturated carbocycles. The Hall–Kier alpha value is -1.59. The molecule has 2 aliphatic heterocycles. The van der Waals surface area contributed by atoms with Crippen molar-refractivity contribution in [3.8, 4) is 0 Å². The highest BCUT2D eigenvalue weighted by Crippen LogP contribution is 2.24. The molecule has 22 heavy (non-hydrogen) atoms. The molecule has 2 aliphatic rings. The molecule has 2 heterocycles. The van der Waals surface area contributed by atoms with Gasteiger partial charge in [-0.3, -0.25) is 9.59 Å². The molecule has 6 heteroatoms. The molecule has 0 radical (unpaired) electrons. The minimum atomic E-state index is 0.00398. The number of halogens is 1. The summed E-state index contributed by atoms with van der Waals surface area (Å²) in [7, 11) is 1.82. The Bertz CT molecular complexity index is 575. The molecular formula is C16H19ClN2O3. The summed E-state index contributed by atoms with van der Waals surface area (Å²) < 4.78 is 5.65. The fourth-order valence-corrected chi connectivity index (χ4v) is 3.27. The lowest BCUT2D eigenvalue weighted by molar-refractivity contribution is -0.154. The van der Waals surface area contributed by atoms with Crippen LogP contribution < -0.4 is 0 Å². The average molecular weight is 323 g/mol. The number of rotatable bonds is 1. The third-order valence-electron chi connectivity index (χ3n) is 4.50. The Labute approximate surface area is 134 Å². The van der Waals surface area contributed by atoms with E-state index < -0.39 is 0 Å². The van der Waals surface area contributed by atoms with Gasteiger partial charge in [-0.25, -0.2) is 0 Å². The Morgan fingerprint density at radius 1 is 1.23 bits per heavy atom. The largest absolute Gasteiger partial charge is 0.366 e. The lowest BCUT2D eigenvalue weighted by atomic mass is 10.0. The maximum absolute atomic E-state index is 12.6. The zero-order valence-corrected chi connectivity index (χ0v) is 13.3. The molecule has 118 valence electrons. The summed E-state index contributed by atoms with van der Waals surface area (Å²) in [6, 6.07) is 7.00. The molecule has 2 amide bonds. The van der Waals surface area contributed by atoms with Gasteiger partial charge in [0.05, 0.1) is 12.1 Å². The Kier molecular flexibility index (Phi) is 4.36.